The molecule has 0 bridgehead atoms. The molecular weight excluding hydrogens is 646 g/mol. The molecule has 3 aromatic carbocycles. The number of hydrogen-bond acceptors (Lipinski definition) is 7. The first kappa shape index (κ1) is 38.6. The van der Waals surface area contributed by atoms with Crippen molar-refractivity contribution < 1.29 is 33.8 Å². The van der Waals surface area contributed by atoms with Crippen molar-refractivity contribution in [2.75, 3.05) is 19.8 Å². The molecule has 4 N–H and O–H groups in total. The summed E-state index contributed by atoms with van der Waals surface area (Å²) in [6.45, 7) is 10.5. The van der Waals surface area contributed by atoms with Crippen molar-refractivity contribution in [1.82, 2.24) is 16.0 Å². The van der Waals surface area contributed by atoms with Gasteiger partial charge in [-0.25, -0.2) is 9.59 Å². The largest absolute Gasteiger partial charge is 0.462 e. The van der Waals surface area contributed by atoms with Gasteiger partial charge in [-0.15, -0.1) is 13.2 Å². The maximum Gasteiger partial charge on any atom is 0.407 e. The third-order valence-corrected chi connectivity index (χ3v) is 8.78. The molecule has 10 heteroatoms. The number of rotatable bonds is 19. The Morgan fingerprint density at radius 1 is 0.863 bits per heavy atom. The minimum Gasteiger partial charge on any atom is -0.462 e. The second kappa shape index (κ2) is 18.7. The van der Waals surface area contributed by atoms with Gasteiger partial charge in [-0.3, -0.25) is 9.59 Å². The van der Waals surface area contributed by atoms with Gasteiger partial charge in [0.25, 0.3) is 0 Å². The number of hydrogen-bond donors (Lipinski definition) is 4. The Hall–Kier alpha value is -5.22. The quantitative estimate of drug-likeness (QED) is 0.0945. The van der Waals surface area contributed by atoms with Crippen molar-refractivity contribution in [2.45, 2.75) is 69.5 Å². The predicted molar refractivity (Wildman–Crippen MR) is 197 cm³/mol. The fourth-order valence-electron chi connectivity index (χ4n) is 6.19. The number of ether oxygens (including phenoxy) is 2. The Kier molecular flexibility index (Phi) is 14.1. The van der Waals surface area contributed by atoms with Crippen molar-refractivity contribution >= 4 is 23.9 Å². The Morgan fingerprint density at radius 3 is 2.10 bits per heavy atom. The van der Waals surface area contributed by atoms with E-state index in [0.717, 1.165) is 27.8 Å². The molecule has 0 saturated carbocycles. The van der Waals surface area contributed by atoms with Gasteiger partial charge in [-0.2, -0.15) is 0 Å². The summed E-state index contributed by atoms with van der Waals surface area (Å²) in [5, 5.41) is 18.2. The van der Waals surface area contributed by atoms with Crippen LogP contribution in [0.15, 0.2) is 104 Å². The lowest BCUT2D eigenvalue weighted by Gasteiger charge is -2.29. The number of fused-ring (bicyclic) bond motifs is 3. The van der Waals surface area contributed by atoms with Crippen LogP contribution in [0.1, 0.15) is 62.1 Å². The molecule has 1 aliphatic rings. The van der Waals surface area contributed by atoms with Crippen LogP contribution in [0.25, 0.3) is 11.1 Å². The third-order valence-electron chi connectivity index (χ3n) is 8.78. The van der Waals surface area contributed by atoms with Crippen LogP contribution in [0, 0.1) is 5.92 Å². The van der Waals surface area contributed by atoms with Gasteiger partial charge in [0.2, 0.25) is 11.8 Å². The average molecular weight is 696 g/mol. The summed E-state index contributed by atoms with van der Waals surface area (Å²) in [6, 6.07) is 24.0. The van der Waals surface area contributed by atoms with Crippen molar-refractivity contribution in [1.29, 1.82) is 0 Å². The smallest absolute Gasteiger partial charge is 0.407 e. The molecule has 0 fully saturated rings. The van der Waals surface area contributed by atoms with Crippen LogP contribution in [0.5, 0.6) is 0 Å². The van der Waals surface area contributed by atoms with E-state index in [-0.39, 0.29) is 50.9 Å². The second-order valence-corrected chi connectivity index (χ2v) is 13.4. The minimum absolute atomic E-state index is 0.0970. The van der Waals surface area contributed by atoms with E-state index in [9.17, 15) is 24.3 Å². The zero-order valence-electron chi connectivity index (χ0n) is 29.4. The normalized spacial score (nSPS) is 13.8. The zero-order chi connectivity index (χ0) is 36.8. The van der Waals surface area contributed by atoms with E-state index in [1.165, 1.54) is 0 Å². The number of aliphatic hydroxyl groups excluding tert-OH is 1. The highest BCUT2D eigenvalue weighted by Gasteiger charge is 2.32. The van der Waals surface area contributed by atoms with Crippen molar-refractivity contribution in [2.24, 2.45) is 5.92 Å². The predicted octanol–water partition coefficient (Wildman–Crippen LogP) is 5.60. The first-order chi connectivity index (χ1) is 24.5. The number of benzene rings is 3. The van der Waals surface area contributed by atoms with Crippen LogP contribution in [0.3, 0.4) is 0 Å². The number of allylic oxidation sites excluding steroid dienone is 2. The van der Waals surface area contributed by atoms with Gasteiger partial charge in [0.1, 0.15) is 19.3 Å². The first-order valence-corrected chi connectivity index (χ1v) is 17.3. The van der Waals surface area contributed by atoms with E-state index in [1.54, 1.807) is 26.0 Å². The van der Waals surface area contributed by atoms with E-state index in [2.05, 4.69) is 41.2 Å². The number of carbonyl (C=O) groups excluding carboxylic acids is 4. The third kappa shape index (κ3) is 11.1. The molecule has 3 aromatic rings. The van der Waals surface area contributed by atoms with Gasteiger partial charge in [0.05, 0.1) is 24.1 Å². The highest BCUT2D eigenvalue weighted by Crippen LogP contribution is 2.44. The summed E-state index contributed by atoms with van der Waals surface area (Å²) in [5.74, 6) is -2.32. The molecule has 0 radical (unpaired) electrons. The fourth-order valence-corrected chi connectivity index (χ4v) is 6.19. The molecule has 4 rings (SSSR count). The van der Waals surface area contributed by atoms with Crippen LogP contribution >= 0.6 is 0 Å². The summed E-state index contributed by atoms with van der Waals surface area (Å²) in [4.78, 5) is 52.4. The first-order valence-electron chi connectivity index (χ1n) is 17.3. The Balaban J connectivity index is 1.29. The number of nitrogens with one attached hydrogen (secondary N) is 3. The fraction of sp³-hybridized carbons (Fsp3) is 0.366. The molecule has 3 amide bonds. The topological polar surface area (TPSA) is 143 Å². The molecular formula is C41H49N3O7. The number of amides is 3. The molecule has 3 atom stereocenters. The monoisotopic (exact) mass is 695 g/mol. The zero-order valence-corrected chi connectivity index (χ0v) is 29.4. The van der Waals surface area contributed by atoms with Gasteiger partial charge >= 0.3 is 12.1 Å². The molecule has 10 nitrogen and oxygen atoms in total. The maximum absolute atomic E-state index is 13.3. The van der Waals surface area contributed by atoms with E-state index >= 15 is 0 Å². The molecule has 270 valence electrons. The second-order valence-electron chi connectivity index (χ2n) is 13.4. The summed E-state index contributed by atoms with van der Waals surface area (Å²) in [5.41, 5.74) is 4.33. The lowest BCUT2D eigenvalue weighted by atomic mass is 9.97. The summed E-state index contributed by atoms with van der Waals surface area (Å²) >= 11 is 0. The number of aliphatic hydroxyl groups is 1. The summed E-state index contributed by atoms with van der Waals surface area (Å²) in [7, 11) is 0. The van der Waals surface area contributed by atoms with Gasteiger partial charge in [-0.1, -0.05) is 91.0 Å². The van der Waals surface area contributed by atoms with Crippen LogP contribution in [-0.2, 0) is 30.3 Å². The highest BCUT2D eigenvalue weighted by atomic mass is 16.6. The molecule has 51 heavy (non-hydrogen) atoms. The molecule has 1 aliphatic carbocycles. The molecule has 0 aromatic heterocycles. The number of carbonyl (C=O) groups is 4. The van der Waals surface area contributed by atoms with Crippen molar-refractivity contribution in [3.8, 4) is 11.1 Å². The van der Waals surface area contributed by atoms with Crippen LogP contribution < -0.4 is 16.0 Å². The van der Waals surface area contributed by atoms with Crippen LogP contribution in [-0.4, -0.2) is 66.4 Å². The maximum atomic E-state index is 13.3. The number of esters is 1. The minimum atomic E-state index is -1.00. The van der Waals surface area contributed by atoms with Gasteiger partial charge < -0.3 is 30.5 Å². The van der Waals surface area contributed by atoms with Crippen LogP contribution in [0.4, 0.5) is 4.79 Å². The molecule has 0 spiro atoms. The van der Waals surface area contributed by atoms with Gasteiger partial charge in [-0.05, 0) is 67.3 Å². The summed E-state index contributed by atoms with van der Waals surface area (Å²) in [6.07, 6.45) is 3.73. The van der Waals surface area contributed by atoms with E-state index < -0.39 is 41.5 Å². The van der Waals surface area contributed by atoms with Crippen LogP contribution in [0.2, 0.25) is 0 Å². The van der Waals surface area contributed by atoms with Gasteiger partial charge in [0, 0.05) is 12.3 Å². The lowest BCUT2D eigenvalue weighted by Crippen LogP contribution is -2.51. The van der Waals surface area contributed by atoms with E-state index in [0.29, 0.717) is 12.8 Å². The van der Waals surface area contributed by atoms with Gasteiger partial charge in [0.15, 0.2) is 0 Å². The Bertz CT molecular complexity index is 1630. The molecule has 0 unspecified atom stereocenters. The average Bonchev–Trinajstić information content (AvgIpc) is 3.44. The SMILES string of the molecule is C=CCC[C@H](NC(=O)OCC1c2ccccc2-c2ccccc21)C(=O)OCC(C)(C)NC(=O)[C@H](CC=C)CC(=O)N[C@H](CO)Cc1ccccc1. The van der Waals surface area contributed by atoms with E-state index in [4.69, 9.17) is 9.47 Å². The Morgan fingerprint density at radius 2 is 1.49 bits per heavy atom. The number of alkyl carbamates (subject to hydrolysis) is 1. The standard InChI is InChI=1S/C41H49N3O7/c1-5-7-22-36(43-40(49)50-26-35-33-20-13-11-18-31(33)32-19-12-14-21-34(32)35)39(48)51-27-41(3,4)44-38(47)29(15-6-2)24-37(46)42-30(25-45)23-28-16-9-8-10-17-28/h5-6,8-14,16-21,29-30,35-36,45H,1-2,7,15,22-27H2,3-4H3,(H,42,46)(H,43,49)(H,44,47)/t29-,30+,36+/m1/s1. The van der Waals surface area contributed by atoms with E-state index in [1.807, 2.05) is 66.7 Å². The molecule has 0 saturated heterocycles. The molecule has 0 aliphatic heterocycles. The highest BCUT2D eigenvalue weighted by molar-refractivity contribution is 5.86. The molecule has 0 heterocycles. The summed E-state index contributed by atoms with van der Waals surface area (Å²) < 4.78 is 11.2. The van der Waals surface area contributed by atoms with Crippen molar-refractivity contribution in [3.05, 3.63) is 121 Å². The van der Waals surface area contributed by atoms with Crippen molar-refractivity contribution in [3.63, 3.8) is 0 Å². The lowest BCUT2D eigenvalue weighted by molar-refractivity contribution is -0.149. The Labute approximate surface area is 300 Å².